The van der Waals surface area contributed by atoms with Crippen LogP contribution in [0.5, 0.6) is 0 Å². The number of hydrogen-bond acceptors (Lipinski definition) is 1. The molecule has 1 fully saturated rings. The minimum Gasteiger partial charge on any atom is -0.288 e. The molecule has 0 heterocycles. The molecule has 0 aromatic rings. The Bertz CT molecular complexity index is 196. The van der Waals surface area contributed by atoms with Gasteiger partial charge in [-0.2, -0.15) is 0 Å². The first kappa shape index (κ1) is 9.61. The summed E-state index contributed by atoms with van der Waals surface area (Å²) in [7, 11) is 2.13. The first-order valence-electron chi connectivity index (χ1n) is 4.69. The highest BCUT2D eigenvalue weighted by Gasteiger charge is 2.35. The fourth-order valence-electron chi connectivity index (χ4n) is 1.51. The topological polar surface area (TPSA) is 3.24 Å². The third-order valence-electron chi connectivity index (χ3n) is 3.15. The van der Waals surface area contributed by atoms with Gasteiger partial charge in [0.05, 0.1) is 5.54 Å². The molecule has 0 aliphatic heterocycles. The third kappa shape index (κ3) is 1.81. The SMILES string of the molecule is C#CC(C)(C)N(C)C(C)C1CC1. The molecule has 0 N–H and O–H groups in total. The van der Waals surface area contributed by atoms with Crippen molar-refractivity contribution in [2.24, 2.45) is 5.92 Å². The van der Waals surface area contributed by atoms with Crippen LogP contribution < -0.4 is 0 Å². The Morgan fingerprint density at radius 3 is 2.33 bits per heavy atom. The van der Waals surface area contributed by atoms with Crippen molar-refractivity contribution in [2.45, 2.75) is 45.2 Å². The van der Waals surface area contributed by atoms with Crippen molar-refractivity contribution in [1.29, 1.82) is 0 Å². The lowest BCUT2D eigenvalue weighted by molar-refractivity contribution is 0.143. The van der Waals surface area contributed by atoms with Crippen LogP contribution in [0.25, 0.3) is 0 Å². The molecular formula is C11H19N. The second-order valence-corrected chi connectivity index (χ2v) is 4.39. The van der Waals surface area contributed by atoms with E-state index in [2.05, 4.69) is 38.6 Å². The van der Waals surface area contributed by atoms with Gasteiger partial charge in [0.25, 0.3) is 0 Å². The monoisotopic (exact) mass is 165 g/mol. The van der Waals surface area contributed by atoms with E-state index < -0.39 is 0 Å². The van der Waals surface area contributed by atoms with Gasteiger partial charge in [0, 0.05) is 6.04 Å². The van der Waals surface area contributed by atoms with Gasteiger partial charge in [0.1, 0.15) is 0 Å². The summed E-state index contributed by atoms with van der Waals surface area (Å²) in [5.41, 5.74) is -0.0952. The molecule has 1 unspecified atom stereocenters. The molecule has 1 aliphatic rings. The molecule has 0 aromatic carbocycles. The molecule has 0 bridgehead atoms. The maximum atomic E-state index is 5.47. The van der Waals surface area contributed by atoms with Crippen LogP contribution in [0.2, 0.25) is 0 Å². The van der Waals surface area contributed by atoms with E-state index in [0.29, 0.717) is 6.04 Å². The summed E-state index contributed by atoms with van der Waals surface area (Å²) in [5, 5.41) is 0. The molecule has 12 heavy (non-hydrogen) atoms. The van der Waals surface area contributed by atoms with Crippen LogP contribution in [0.3, 0.4) is 0 Å². The van der Waals surface area contributed by atoms with Gasteiger partial charge in [-0.25, -0.2) is 0 Å². The number of rotatable bonds is 3. The molecule has 0 spiro atoms. The van der Waals surface area contributed by atoms with E-state index in [-0.39, 0.29) is 5.54 Å². The standard InChI is InChI=1S/C11H19N/c1-6-11(3,4)12(5)9(2)10-7-8-10/h1,9-10H,7-8H2,2-5H3. The predicted octanol–water partition coefficient (Wildman–Crippen LogP) is 2.13. The lowest BCUT2D eigenvalue weighted by Crippen LogP contribution is -2.46. The van der Waals surface area contributed by atoms with Crippen molar-refractivity contribution in [1.82, 2.24) is 4.90 Å². The van der Waals surface area contributed by atoms with Crippen LogP contribution in [-0.2, 0) is 0 Å². The Morgan fingerprint density at radius 2 is 2.00 bits per heavy atom. The quantitative estimate of drug-likeness (QED) is 0.579. The van der Waals surface area contributed by atoms with Crippen LogP contribution in [-0.4, -0.2) is 23.5 Å². The van der Waals surface area contributed by atoms with Crippen molar-refractivity contribution in [3.05, 3.63) is 0 Å². The zero-order valence-electron chi connectivity index (χ0n) is 8.59. The molecule has 1 aliphatic carbocycles. The molecule has 0 saturated heterocycles. The number of hydrogen-bond donors (Lipinski definition) is 0. The Balaban J connectivity index is 2.56. The Hall–Kier alpha value is -0.480. The molecular weight excluding hydrogens is 146 g/mol. The Kier molecular flexibility index (Phi) is 2.49. The van der Waals surface area contributed by atoms with Crippen molar-refractivity contribution < 1.29 is 0 Å². The van der Waals surface area contributed by atoms with Crippen LogP contribution in [0.15, 0.2) is 0 Å². The predicted molar refractivity (Wildman–Crippen MR) is 52.9 cm³/mol. The van der Waals surface area contributed by atoms with E-state index in [1.54, 1.807) is 0 Å². The van der Waals surface area contributed by atoms with Crippen molar-refractivity contribution in [2.75, 3.05) is 7.05 Å². The highest BCUT2D eigenvalue weighted by molar-refractivity contribution is 5.09. The summed E-state index contributed by atoms with van der Waals surface area (Å²) in [5.74, 6) is 3.72. The first-order chi connectivity index (χ1) is 5.49. The van der Waals surface area contributed by atoms with Gasteiger partial charge in [0.15, 0.2) is 0 Å². The minimum absolute atomic E-state index is 0.0952. The van der Waals surface area contributed by atoms with E-state index in [1.165, 1.54) is 12.8 Å². The third-order valence-corrected chi connectivity index (χ3v) is 3.15. The molecule has 0 aromatic heterocycles. The van der Waals surface area contributed by atoms with E-state index in [1.807, 2.05) is 0 Å². The lowest BCUT2D eigenvalue weighted by atomic mass is 10.0. The number of nitrogens with zero attached hydrogens (tertiary/aromatic N) is 1. The van der Waals surface area contributed by atoms with Crippen LogP contribution in [0.4, 0.5) is 0 Å². The van der Waals surface area contributed by atoms with Crippen molar-refractivity contribution >= 4 is 0 Å². The molecule has 1 saturated carbocycles. The smallest absolute Gasteiger partial charge is 0.0766 e. The minimum atomic E-state index is -0.0952. The van der Waals surface area contributed by atoms with Gasteiger partial charge in [0.2, 0.25) is 0 Å². The zero-order chi connectivity index (χ0) is 9.35. The van der Waals surface area contributed by atoms with Gasteiger partial charge in [-0.3, -0.25) is 4.90 Å². The summed E-state index contributed by atoms with van der Waals surface area (Å²) in [6, 6.07) is 0.635. The van der Waals surface area contributed by atoms with Gasteiger partial charge in [-0.05, 0) is 46.6 Å². The average Bonchev–Trinajstić information content (AvgIpc) is 2.84. The second kappa shape index (κ2) is 3.11. The van der Waals surface area contributed by atoms with Crippen LogP contribution in [0, 0.1) is 18.3 Å². The molecule has 0 amide bonds. The molecule has 1 heteroatoms. The number of terminal acetylenes is 1. The maximum absolute atomic E-state index is 5.47. The first-order valence-corrected chi connectivity index (χ1v) is 4.69. The molecule has 0 radical (unpaired) electrons. The van der Waals surface area contributed by atoms with E-state index in [4.69, 9.17) is 6.42 Å². The molecule has 1 rings (SSSR count). The molecule has 68 valence electrons. The average molecular weight is 165 g/mol. The van der Waals surface area contributed by atoms with Crippen LogP contribution in [0.1, 0.15) is 33.6 Å². The van der Waals surface area contributed by atoms with Gasteiger partial charge < -0.3 is 0 Å². The van der Waals surface area contributed by atoms with Crippen molar-refractivity contribution in [3.8, 4) is 12.3 Å². The van der Waals surface area contributed by atoms with E-state index >= 15 is 0 Å². The summed E-state index contributed by atoms with van der Waals surface area (Å²) in [4.78, 5) is 2.31. The summed E-state index contributed by atoms with van der Waals surface area (Å²) >= 11 is 0. The highest BCUT2D eigenvalue weighted by atomic mass is 15.2. The largest absolute Gasteiger partial charge is 0.288 e. The summed E-state index contributed by atoms with van der Waals surface area (Å²) in [6.07, 6.45) is 8.24. The Morgan fingerprint density at radius 1 is 1.50 bits per heavy atom. The highest BCUT2D eigenvalue weighted by Crippen LogP contribution is 2.36. The van der Waals surface area contributed by atoms with E-state index in [0.717, 1.165) is 5.92 Å². The van der Waals surface area contributed by atoms with E-state index in [9.17, 15) is 0 Å². The fraction of sp³-hybridized carbons (Fsp3) is 0.818. The van der Waals surface area contributed by atoms with Gasteiger partial charge in [-0.1, -0.05) is 5.92 Å². The Labute approximate surface area is 76.1 Å². The molecule has 1 nitrogen and oxygen atoms in total. The molecule has 1 atom stereocenters. The summed E-state index contributed by atoms with van der Waals surface area (Å²) in [6.45, 7) is 6.48. The van der Waals surface area contributed by atoms with Gasteiger partial charge in [-0.15, -0.1) is 6.42 Å². The zero-order valence-corrected chi connectivity index (χ0v) is 8.59. The van der Waals surface area contributed by atoms with Crippen LogP contribution >= 0.6 is 0 Å². The normalized spacial score (nSPS) is 20.7. The van der Waals surface area contributed by atoms with Crippen molar-refractivity contribution in [3.63, 3.8) is 0 Å². The summed E-state index contributed by atoms with van der Waals surface area (Å²) < 4.78 is 0. The second-order valence-electron chi connectivity index (χ2n) is 4.39. The maximum Gasteiger partial charge on any atom is 0.0766 e. The van der Waals surface area contributed by atoms with Gasteiger partial charge >= 0.3 is 0 Å². The fourth-order valence-corrected chi connectivity index (χ4v) is 1.51. The lowest BCUT2D eigenvalue weighted by Gasteiger charge is -2.36.